The zero-order chi connectivity index (χ0) is 13.7. The van der Waals surface area contributed by atoms with E-state index in [1.54, 1.807) is 4.90 Å². The number of urea groups is 1. The number of aliphatic carboxylic acids is 1. The van der Waals surface area contributed by atoms with E-state index in [-0.39, 0.29) is 18.7 Å². The summed E-state index contributed by atoms with van der Waals surface area (Å²) in [6, 6.07) is -0.935. The van der Waals surface area contributed by atoms with Gasteiger partial charge < -0.3 is 20.0 Å². The number of carbonyl (C=O) groups excluding carboxylic acids is 1. The minimum atomic E-state index is -0.938. The van der Waals surface area contributed by atoms with E-state index < -0.39 is 12.0 Å². The molecule has 0 radical (unpaired) electrons. The Balaban J connectivity index is 2.72. The molecular formula is C12H22N2O4. The van der Waals surface area contributed by atoms with E-state index in [0.29, 0.717) is 25.9 Å². The molecule has 1 heterocycles. The molecule has 0 aliphatic carbocycles. The second kappa shape index (κ2) is 6.58. The molecule has 2 amide bonds. The smallest absolute Gasteiger partial charge is 0.326 e. The van der Waals surface area contributed by atoms with Gasteiger partial charge in [-0.1, -0.05) is 0 Å². The van der Waals surface area contributed by atoms with Crippen molar-refractivity contribution >= 4 is 12.0 Å². The monoisotopic (exact) mass is 258 g/mol. The SMILES string of the molecule is CC(C)N(CCCO)C(=O)N1CCC[C@H]1C(=O)O. The summed E-state index contributed by atoms with van der Waals surface area (Å²) in [7, 11) is 0. The molecule has 0 spiro atoms. The Morgan fingerprint density at radius 2 is 2.11 bits per heavy atom. The largest absolute Gasteiger partial charge is 0.480 e. The normalized spacial score (nSPS) is 19.3. The van der Waals surface area contributed by atoms with Crippen LogP contribution in [0.1, 0.15) is 33.1 Å². The summed E-state index contributed by atoms with van der Waals surface area (Å²) in [6.45, 7) is 4.76. The van der Waals surface area contributed by atoms with Gasteiger partial charge in [0, 0.05) is 25.7 Å². The Kier molecular flexibility index (Phi) is 5.40. The van der Waals surface area contributed by atoms with Crippen LogP contribution in [-0.2, 0) is 4.79 Å². The van der Waals surface area contributed by atoms with Crippen LogP contribution in [0, 0.1) is 0 Å². The summed E-state index contributed by atoms with van der Waals surface area (Å²) in [4.78, 5) is 26.4. The van der Waals surface area contributed by atoms with Gasteiger partial charge >= 0.3 is 12.0 Å². The van der Waals surface area contributed by atoms with Crippen LogP contribution in [-0.4, -0.2) is 63.8 Å². The number of nitrogens with zero attached hydrogens (tertiary/aromatic N) is 2. The summed E-state index contributed by atoms with van der Waals surface area (Å²) >= 11 is 0. The number of carboxylic acids is 1. The van der Waals surface area contributed by atoms with Crippen LogP contribution in [0.25, 0.3) is 0 Å². The number of carbonyl (C=O) groups is 2. The zero-order valence-corrected chi connectivity index (χ0v) is 11.0. The molecule has 1 fully saturated rings. The minimum absolute atomic E-state index is 0.000838. The number of hydrogen-bond donors (Lipinski definition) is 2. The van der Waals surface area contributed by atoms with E-state index >= 15 is 0 Å². The first-order chi connectivity index (χ1) is 8.49. The van der Waals surface area contributed by atoms with Gasteiger partial charge in [-0.15, -0.1) is 0 Å². The van der Waals surface area contributed by atoms with Crippen LogP contribution < -0.4 is 0 Å². The maximum atomic E-state index is 12.3. The molecule has 1 rings (SSSR count). The lowest BCUT2D eigenvalue weighted by Crippen LogP contribution is -2.50. The van der Waals surface area contributed by atoms with Gasteiger partial charge in [-0.05, 0) is 33.1 Å². The lowest BCUT2D eigenvalue weighted by atomic mass is 10.2. The van der Waals surface area contributed by atoms with Gasteiger partial charge in [0.15, 0.2) is 0 Å². The molecule has 1 saturated heterocycles. The third-order valence-electron chi connectivity index (χ3n) is 3.21. The van der Waals surface area contributed by atoms with Gasteiger partial charge in [-0.25, -0.2) is 9.59 Å². The standard InChI is InChI=1S/C12H22N2O4/c1-9(2)13(7-4-8-15)12(18)14-6-3-5-10(14)11(16)17/h9-10,15H,3-8H2,1-2H3,(H,16,17)/t10-/m0/s1. The van der Waals surface area contributed by atoms with Crippen molar-refractivity contribution in [2.75, 3.05) is 19.7 Å². The molecule has 18 heavy (non-hydrogen) atoms. The van der Waals surface area contributed by atoms with Crippen molar-refractivity contribution in [2.45, 2.75) is 45.2 Å². The molecule has 0 aromatic carbocycles. The van der Waals surface area contributed by atoms with Gasteiger partial charge in [0.1, 0.15) is 6.04 Å². The molecule has 1 atom stereocenters. The van der Waals surface area contributed by atoms with Crippen molar-refractivity contribution in [3.63, 3.8) is 0 Å². The lowest BCUT2D eigenvalue weighted by Gasteiger charge is -2.33. The summed E-state index contributed by atoms with van der Waals surface area (Å²) < 4.78 is 0. The third kappa shape index (κ3) is 3.35. The first-order valence-corrected chi connectivity index (χ1v) is 6.40. The fraction of sp³-hybridized carbons (Fsp3) is 0.833. The highest BCUT2D eigenvalue weighted by Crippen LogP contribution is 2.20. The van der Waals surface area contributed by atoms with Crippen molar-refractivity contribution in [3.8, 4) is 0 Å². The Bertz CT molecular complexity index is 306. The summed E-state index contributed by atoms with van der Waals surface area (Å²) in [5, 5.41) is 17.9. The quantitative estimate of drug-likeness (QED) is 0.762. The van der Waals surface area contributed by atoms with Crippen LogP contribution in [0.2, 0.25) is 0 Å². The second-order valence-corrected chi connectivity index (χ2v) is 4.84. The molecule has 6 heteroatoms. The van der Waals surface area contributed by atoms with Crippen molar-refractivity contribution in [1.82, 2.24) is 9.80 Å². The average molecular weight is 258 g/mol. The van der Waals surface area contributed by atoms with E-state index in [1.165, 1.54) is 4.90 Å². The highest BCUT2D eigenvalue weighted by molar-refractivity contribution is 5.83. The number of aliphatic hydroxyl groups excluding tert-OH is 1. The fourth-order valence-electron chi connectivity index (χ4n) is 2.23. The summed E-state index contributed by atoms with van der Waals surface area (Å²) in [5.74, 6) is -0.938. The van der Waals surface area contributed by atoms with Gasteiger partial charge in [0.05, 0.1) is 0 Å². The predicted octanol–water partition coefficient (Wildman–Crippen LogP) is 0.748. The van der Waals surface area contributed by atoms with Gasteiger partial charge in [-0.2, -0.15) is 0 Å². The topological polar surface area (TPSA) is 81.1 Å². The fourth-order valence-corrected chi connectivity index (χ4v) is 2.23. The number of aliphatic hydroxyl groups is 1. The molecular weight excluding hydrogens is 236 g/mol. The van der Waals surface area contributed by atoms with Gasteiger partial charge in [-0.3, -0.25) is 0 Å². The second-order valence-electron chi connectivity index (χ2n) is 4.84. The van der Waals surface area contributed by atoms with Crippen LogP contribution in [0.5, 0.6) is 0 Å². The highest BCUT2D eigenvalue weighted by atomic mass is 16.4. The summed E-state index contributed by atoms with van der Waals surface area (Å²) in [5.41, 5.74) is 0. The van der Waals surface area contributed by atoms with Crippen LogP contribution >= 0.6 is 0 Å². The maximum Gasteiger partial charge on any atom is 0.326 e. The average Bonchev–Trinajstić information content (AvgIpc) is 2.77. The van der Waals surface area contributed by atoms with E-state index in [1.807, 2.05) is 13.8 Å². The molecule has 0 saturated carbocycles. The number of amides is 2. The number of carboxylic acid groups (broad SMARTS) is 1. The van der Waals surface area contributed by atoms with E-state index in [0.717, 1.165) is 6.42 Å². The van der Waals surface area contributed by atoms with Gasteiger partial charge in [0.25, 0.3) is 0 Å². The lowest BCUT2D eigenvalue weighted by molar-refractivity contribution is -0.141. The molecule has 0 aromatic heterocycles. The van der Waals surface area contributed by atoms with E-state index in [9.17, 15) is 9.59 Å². The molecule has 6 nitrogen and oxygen atoms in total. The van der Waals surface area contributed by atoms with Gasteiger partial charge in [0.2, 0.25) is 0 Å². The third-order valence-corrected chi connectivity index (χ3v) is 3.21. The van der Waals surface area contributed by atoms with E-state index in [2.05, 4.69) is 0 Å². The van der Waals surface area contributed by atoms with E-state index in [4.69, 9.17) is 10.2 Å². The Hall–Kier alpha value is -1.30. The molecule has 1 aliphatic heterocycles. The zero-order valence-electron chi connectivity index (χ0n) is 11.0. The van der Waals surface area contributed by atoms with Crippen LogP contribution in [0.15, 0.2) is 0 Å². The predicted molar refractivity (Wildman–Crippen MR) is 66.3 cm³/mol. The van der Waals surface area contributed by atoms with Crippen molar-refractivity contribution in [1.29, 1.82) is 0 Å². The van der Waals surface area contributed by atoms with Crippen LogP contribution in [0.3, 0.4) is 0 Å². The maximum absolute atomic E-state index is 12.3. The molecule has 0 aromatic rings. The molecule has 1 aliphatic rings. The van der Waals surface area contributed by atoms with Crippen molar-refractivity contribution in [3.05, 3.63) is 0 Å². The molecule has 0 unspecified atom stereocenters. The highest BCUT2D eigenvalue weighted by Gasteiger charge is 2.36. The first-order valence-electron chi connectivity index (χ1n) is 6.40. The Morgan fingerprint density at radius 1 is 1.44 bits per heavy atom. The molecule has 0 bridgehead atoms. The number of likely N-dealkylation sites (tertiary alicyclic amines) is 1. The van der Waals surface area contributed by atoms with Crippen LogP contribution in [0.4, 0.5) is 4.79 Å². The summed E-state index contributed by atoms with van der Waals surface area (Å²) in [6.07, 6.45) is 1.76. The van der Waals surface area contributed by atoms with Crippen molar-refractivity contribution in [2.24, 2.45) is 0 Å². The molecule has 2 N–H and O–H groups in total. The van der Waals surface area contributed by atoms with Crippen molar-refractivity contribution < 1.29 is 19.8 Å². The number of hydrogen-bond acceptors (Lipinski definition) is 3. The Morgan fingerprint density at radius 3 is 2.61 bits per heavy atom. The minimum Gasteiger partial charge on any atom is -0.480 e. The Labute approximate surface area is 107 Å². The number of rotatable bonds is 5. The first kappa shape index (κ1) is 14.8. The molecule has 104 valence electrons.